The highest BCUT2D eigenvalue weighted by molar-refractivity contribution is 9.10. The van der Waals surface area contributed by atoms with E-state index >= 15 is 0 Å². The topological polar surface area (TPSA) is 95.0 Å². The van der Waals surface area contributed by atoms with Crippen LogP contribution in [0.25, 0.3) is 0 Å². The van der Waals surface area contributed by atoms with Crippen LogP contribution < -0.4 is 0 Å². The van der Waals surface area contributed by atoms with Crippen LogP contribution in [-0.4, -0.2) is 60.3 Å². The zero-order chi connectivity index (χ0) is 16.5. The molecular formula is C13H15BrN2O5S. The number of aliphatic carboxylic acids is 1. The van der Waals surface area contributed by atoms with Crippen molar-refractivity contribution in [3.63, 3.8) is 0 Å². The van der Waals surface area contributed by atoms with Gasteiger partial charge in [-0.05, 0) is 18.2 Å². The fourth-order valence-corrected chi connectivity index (χ4v) is 4.47. The number of rotatable bonds is 3. The summed E-state index contributed by atoms with van der Waals surface area (Å²) in [5.41, 5.74) is 0. The number of carbonyl (C=O) groups excluding carboxylic acids is 1. The van der Waals surface area contributed by atoms with Gasteiger partial charge in [0.25, 0.3) is 0 Å². The maximum atomic E-state index is 12.7. The average molecular weight is 391 g/mol. The van der Waals surface area contributed by atoms with Crippen LogP contribution in [-0.2, 0) is 19.6 Å². The first-order chi connectivity index (χ1) is 10.2. The molecule has 1 aromatic carbocycles. The Kier molecular flexibility index (Phi) is 4.88. The number of benzene rings is 1. The lowest BCUT2D eigenvalue weighted by molar-refractivity contribution is -0.145. The molecule has 1 aliphatic heterocycles. The van der Waals surface area contributed by atoms with Crippen LogP contribution in [0.2, 0.25) is 0 Å². The average Bonchev–Trinajstić information content (AvgIpc) is 2.46. The molecule has 9 heteroatoms. The Morgan fingerprint density at radius 1 is 1.32 bits per heavy atom. The normalized spacial score (nSPS) is 19.9. The van der Waals surface area contributed by atoms with E-state index in [1.54, 1.807) is 12.1 Å². The Hall–Kier alpha value is -1.45. The predicted octanol–water partition coefficient (Wildman–Crippen LogP) is 0.755. The van der Waals surface area contributed by atoms with Crippen molar-refractivity contribution in [2.45, 2.75) is 17.9 Å². The lowest BCUT2D eigenvalue weighted by atomic mass is 10.2. The highest BCUT2D eigenvalue weighted by Crippen LogP contribution is 2.24. The summed E-state index contributed by atoms with van der Waals surface area (Å²) in [6.45, 7) is 1.30. The molecule has 0 spiro atoms. The summed E-state index contributed by atoms with van der Waals surface area (Å²) in [4.78, 5) is 24.2. The van der Waals surface area contributed by atoms with E-state index in [0.29, 0.717) is 4.47 Å². The number of hydrogen-bond donors (Lipinski definition) is 1. The Bertz CT molecular complexity index is 706. The van der Waals surface area contributed by atoms with Gasteiger partial charge >= 0.3 is 5.97 Å². The van der Waals surface area contributed by atoms with E-state index in [0.717, 1.165) is 4.31 Å². The SMILES string of the molecule is CC(=O)N1CCN(S(=O)(=O)c2cccc(Br)c2)C(C(=O)O)C1. The van der Waals surface area contributed by atoms with Gasteiger partial charge in [-0.3, -0.25) is 9.59 Å². The van der Waals surface area contributed by atoms with E-state index in [-0.39, 0.29) is 30.4 Å². The Balaban J connectivity index is 2.37. The first-order valence-electron chi connectivity index (χ1n) is 6.49. The van der Waals surface area contributed by atoms with Gasteiger partial charge in [-0.1, -0.05) is 22.0 Å². The van der Waals surface area contributed by atoms with Crippen molar-refractivity contribution in [2.75, 3.05) is 19.6 Å². The Morgan fingerprint density at radius 2 is 2.00 bits per heavy atom. The maximum absolute atomic E-state index is 12.7. The summed E-state index contributed by atoms with van der Waals surface area (Å²) in [5, 5.41) is 9.32. The number of nitrogens with zero attached hydrogens (tertiary/aromatic N) is 2. The summed E-state index contributed by atoms with van der Waals surface area (Å²) in [7, 11) is -3.94. The van der Waals surface area contributed by atoms with Crippen molar-refractivity contribution in [1.82, 2.24) is 9.21 Å². The number of carboxylic acid groups (broad SMARTS) is 1. The zero-order valence-corrected chi connectivity index (χ0v) is 14.2. The second-order valence-corrected chi connectivity index (χ2v) is 7.70. The fourth-order valence-electron chi connectivity index (χ4n) is 2.30. The summed E-state index contributed by atoms with van der Waals surface area (Å²) in [6, 6.07) is 4.80. The van der Waals surface area contributed by atoms with Crippen molar-refractivity contribution in [1.29, 1.82) is 0 Å². The van der Waals surface area contributed by atoms with Gasteiger partial charge in [-0.2, -0.15) is 4.31 Å². The van der Waals surface area contributed by atoms with Crippen LogP contribution >= 0.6 is 15.9 Å². The molecule has 2 rings (SSSR count). The predicted molar refractivity (Wildman–Crippen MR) is 81.7 cm³/mol. The molecule has 1 unspecified atom stereocenters. The molecule has 0 radical (unpaired) electrons. The van der Waals surface area contributed by atoms with Crippen molar-refractivity contribution >= 4 is 37.8 Å². The van der Waals surface area contributed by atoms with Crippen LogP contribution in [0.5, 0.6) is 0 Å². The van der Waals surface area contributed by atoms with E-state index < -0.39 is 22.0 Å². The highest BCUT2D eigenvalue weighted by Gasteiger charge is 2.40. The van der Waals surface area contributed by atoms with E-state index in [1.807, 2.05) is 0 Å². The molecule has 0 bridgehead atoms. The summed E-state index contributed by atoms with van der Waals surface area (Å²) >= 11 is 3.20. The second-order valence-electron chi connectivity index (χ2n) is 4.89. The van der Waals surface area contributed by atoms with E-state index in [9.17, 15) is 23.1 Å². The Morgan fingerprint density at radius 3 is 2.55 bits per heavy atom. The van der Waals surface area contributed by atoms with Gasteiger partial charge < -0.3 is 10.0 Å². The van der Waals surface area contributed by atoms with Crippen LogP contribution in [0.4, 0.5) is 0 Å². The number of halogens is 1. The zero-order valence-electron chi connectivity index (χ0n) is 11.8. The van der Waals surface area contributed by atoms with E-state index in [2.05, 4.69) is 15.9 Å². The van der Waals surface area contributed by atoms with Crippen molar-refractivity contribution in [2.24, 2.45) is 0 Å². The van der Waals surface area contributed by atoms with Crippen molar-refractivity contribution in [3.05, 3.63) is 28.7 Å². The first-order valence-corrected chi connectivity index (χ1v) is 8.72. The van der Waals surface area contributed by atoms with Gasteiger partial charge in [0.05, 0.1) is 4.90 Å². The minimum absolute atomic E-state index is 0.0180. The van der Waals surface area contributed by atoms with Crippen molar-refractivity contribution in [3.8, 4) is 0 Å². The second kappa shape index (κ2) is 6.35. The van der Waals surface area contributed by atoms with Crippen LogP contribution in [0.1, 0.15) is 6.92 Å². The molecule has 7 nitrogen and oxygen atoms in total. The number of carbonyl (C=O) groups is 2. The lowest BCUT2D eigenvalue weighted by Gasteiger charge is -2.38. The Labute approximate surface area is 136 Å². The third-order valence-corrected chi connectivity index (χ3v) is 5.86. The molecule has 22 heavy (non-hydrogen) atoms. The molecule has 0 saturated carbocycles. The molecule has 1 saturated heterocycles. The van der Waals surface area contributed by atoms with Gasteiger partial charge in [0, 0.05) is 31.0 Å². The van der Waals surface area contributed by atoms with Gasteiger partial charge in [0.1, 0.15) is 6.04 Å². The summed E-state index contributed by atoms with van der Waals surface area (Å²) in [6.07, 6.45) is 0. The molecule has 0 aromatic heterocycles. The van der Waals surface area contributed by atoms with Crippen molar-refractivity contribution < 1.29 is 23.1 Å². The largest absolute Gasteiger partial charge is 0.480 e. The first kappa shape index (κ1) is 16.9. The minimum Gasteiger partial charge on any atom is -0.480 e. The molecule has 1 N–H and O–H groups in total. The molecule has 1 heterocycles. The fraction of sp³-hybridized carbons (Fsp3) is 0.385. The third-order valence-electron chi connectivity index (χ3n) is 3.46. The number of amides is 1. The third kappa shape index (κ3) is 3.31. The molecule has 1 atom stereocenters. The highest BCUT2D eigenvalue weighted by atomic mass is 79.9. The molecule has 1 aliphatic rings. The molecular weight excluding hydrogens is 376 g/mol. The summed E-state index contributed by atoms with van der Waals surface area (Å²) < 4.78 is 26.9. The molecule has 0 aliphatic carbocycles. The van der Waals surface area contributed by atoms with E-state index in [4.69, 9.17) is 0 Å². The van der Waals surface area contributed by atoms with Gasteiger partial charge in [0.15, 0.2) is 0 Å². The van der Waals surface area contributed by atoms with Gasteiger partial charge in [-0.25, -0.2) is 8.42 Å². The summed E-state index contributed by atoms with van der Waals surface area (Å²) in [5.74, 6) is -1.55. The number of sulfonamides is 1. The minimum atomic E-state index is -3.94. The smallest absolute Gasteiger partial charge is 0.323 e. The standard InChI is InChI=1S/C13H15BrN2O5S/c1-9(17)15-5-6-16(12(8-15)13(18)19)22(20,21)11-4-2-3-10(14)7-11/h2-4,7,12H,5-6,8H2,1H3,(H,18,19). The van der Waals surface area contributed by atoms with Gasteiger partial charge in [0.2, 0.25) is 15.9 Å². The van der Waals surface area contributed by atoms with Crippen LogP contribution in [0, 0.1) is 0 Å². The molecule has 1 amide bonds. The van der Waals surface area contributed by atoms with Gasteiger partial charge in [-0.15, -0.1) is 0 Å². The van der Waals surface area contributed by atoms with Crippen LogP contribution in [0.15, 0.2) is 33.6 Å². The number of hydrogen-bond acceptors (Lipinski definition) is 4. The molecule has 1 aromatic rings. The van der Waals surface area contributed by atoms with E-state index in [1.165, 1.54) is 24.0 Å². The quantitative estimate of drug-likeness (QED) is 0.821. The number of carboxylic acids is 1. The monoisotopic (exact) mass is 390 g/mol. The number of piperazine rings is 1. The van der Waals surface area contributed by atoms with Crippen LogP contribution in [0.3, 0.4) is 0 Å². The maximum Gasteiger partial charge on any atom is 0.323 e. The molecule has 120 valence electrons. The lowest BCUT2D eigenvalue weighted by Crippen LogP contribution is -2.58. The molecule has 1 fully saturated rings.